The minimum atomic E-state index is 0.169. The van der Waals surface area contributed by atoms with Crippen LogP contribution in [-0.4, -0.2) is 28.8 Å². The van der Waals surface area contributed by atoms with E-state index in [4.69, 9.17) is 0 Å². The summed E-state index contributed by atoms with van der Waals surface area (Å²) < 4.78 is 0. The predicted molar refractivity (Wildman–Crippen MR) is 61.5 cm³/mol. The second kappa shape index (κ2) is 6.71. The van der Waals surface area contributed by atoms with Crippen LogP contribution in [-0.2, 0) is 4.79 Å². The Bertz CT molecular complexity index is 160. The van der Waals surface area contributed by atoms with Gasteiger partial charge in [0.1, 0.15) is 0 Å². The second-order valence-electron chi connectivity index (χ2n) is 3.23. The van der Waals surface area contributed by atoms with Crippen molar-refractivity contribution in [3.05, 3.63) is 0 Å². The Balaban J connectivity index is 2.06. The van der Waals surface area contributed by atoms with Gasteiger partial charge >= 0.3 is 0 Å². The number of alkyl halides is 1. The van der Waals surface area contributed by atoms with Crippen LogP contribution < -0.4 is 5.32 Å². The molecule has 1 fully saturated rings. The molecule has 1 N–H and O–H groups in total. The smallest absolute Gasteiger partial charge is 0.220 e. The van der Waals surface area contributed by atoms with Crippen molar-refractivity contribution in [2.75, 3.05) is 17.6 Å². The fraction of sp³-hybridized carbons (Fsp3) is 0.889. The van der Waals surface area contributed by atoms with Crippen LogP contribution >= 0.6 is 27.7 Å². The van der Waals surface area contributed by atoms with Crippen LogP contribution in [0.5, 0.6) is 0 Å². The molecule has 1 aliphatic rings. The number of halogens is 1. The van der Waals surface area contributed by atoms with E-state index in [0.29, 0.717) is 11.7 Å². The molecule has 4 heteroatoms. The first-order valence-corrected chi connectivity index (χ1v) is 6.94. The van der Waals surface area contributed by atoms with Gasteiger partial charge in [-0.1, -0.05) is 22.4 Å². The summed E-state index contributed by atoms with van der Waals surface area (Å²) in [6, 6.07) is 0. The number of carbonyl (C=O) groups excluding carboxylic acids is 1. The molecule has 1 heterocycles. The second-order valence-corrected chi connectivity index (χ2v) is 5.43. The zero-order valence-electron chi connectivity index (χ0n) is 7.72. The first-order chi connectivity index (χ1) is 6.33. The van der Waals surface area contributed by atoms with E-state index >= 15 is 0 Å². The molecule has 0 aromatic carbocycles. The van der Waals surface area contributed by atoms with Crippen molar-refractivity contribution in [1.29, 1.82) is 0 Å². The van der Waals surface area contributed by atoms with Crippen LogP contribution in [0.3, 0.4) is 0 Å². The lowest BCUT2D eigenvalue weighted by atomic mass is 10.2. The minimum absolute atomic E-state index is 0.169. The van der Waals surface area contributed by atoms with Gasteiger partial charge in [0, 0.05) is 23.5 Å². The SMILES string of the molecule is O=C(CCBr)NCC1CCCCS1. The van der Waals surface area contributed by atoms with Gasteiger partial charge in [-0.25, -0.2) is 0 Å². The molecule has 1 atom stereocenters. The highest BCUT2D eigenvalue weighted by Crippen LogP contribution is 2.24. The first kappa shape index (κ1) is 11.4. The van der Waals surface area contributed by atoms with Crippen LogP contribution in [0, 0.1) is 0 Å². The fourth-order valence-electron chi connectivity index (χ4n) is 1.37. The number of rotatable bonds is 4. The van der Waals surface area contributed by atoms with Gasteiger partial charge in [-0.3, -0.25) is 4.79 Å². The van der Waals surface area contributed by atoms with Gasteiger partial charge in [0.05, 0.1) is 0 Å². The monoisotopic (exact) mass is 265 g/mol. The third-order valence-electron chi connectivity index (χ3n) is 2.12. The highest BCUT2D eigenvalue weighted by Gasteiger charge is 2.14. The van der Waals surface area contributed by atoms with Crippen LogP contribution in [0.1, 0.15) is 25.7 Å². The Morgan fingerprint density at radius 3 is 3.00 bits per heavy atom. The van der Waals surface area contributed by atoms with Crippen molar-refractivity contribution in [2.24, 2.45) is 0 Å². The van der Waals surface area contributed by atoms with E-state index in [1.807, 2.05) is 11.8 Å². The molecule has 0 spiro atoms. The van der Waals surface area contributed by atoms with E-state index in [9.17, 15) is 4.79 Å². The molecule has 1 saturated heterocycles. The predicted octanol–water partition coefficient (Wildman–Crippen LogP) is 2.17. The van der Waals surface area contributed by atoms with E-state index in [2.05, 4.69) is 21.2 Å². The van der Waals surface area contributed by atoms with E-state index in [1.165, 1.54) is 25.0 Å². The minimum Gasteiger partial charge on any atom is -0.355 e. The number of nitrogens with one attached hydrogen (secondary N) is 1. The molecule has 2 nitrogen and oxygen atoms in total. The Morgan fingerprint density at radius 2 is 2.38 bits per heavy atom. The topological polar surface area (TPSA) is 29.1 Å². The molecule has 1 amide bonds. The first-order valence-electron chi connectivity index (χ1n) is 4.77. The number of hydrogen-bond acceptors (Lipinski definition) is 2. The highest BCUT2D eigenvalue weighted by atomic mass is 79.9. The summed E-state index contributed by atoms with van der Waals surface area (Å²) in [4.78, 5) is 11.1. The maximum absolute atomic E-state index is 11.1. The fourth-order valence-corrected chi connectivity index (χ4v) is 2.97. The lowest BCUT2D eigenvalue weighted by Gasteiger charge is -2.21. The highest BCUT2D eigenvalue weighted by molar-refractivity contribution is 9.09. The number of carbonyl (C=O) groups is 1. The zero-order valence-corrected chi connectivity index (χ0v) is 10.1. The normalized spacial score (nSPS) is 22.7. The van der Waals surface area contributed by atoms with E-state index in [-0.39, 0.29) is 5.91 Å². The number of hydrogen-bond donors (Lipinski definition) is 1. The van der Waals surface area contributed by atoms with E-state index in [0.717, 1.165) is 11.9 Å². The maximum Gasteiger partial charge on any atom is 0.220 e. The molecule has 1 aliphatic heterocycles. The lowest BCUT2D eigenvalue weighted by molar-refractivity contribution is -0.120. The molecule has 0 saturated carbocycles. The Labute approximate surface area is 92.4 Å². The molecule has 0 aromatic heterocycles. The van der Waals surface area contributed by atoms with Gasteiger partial charge in [0.15, 0.2) is 0 Å². The molecule has 13 heavy (non-hydrogen) atoms. The van der Waals surface area contributed by atoms with Crippen molar-refractivity contribution in [1.82, 2.24) is 5.32 Å². The Morgan fingerprint density at radius 1 is 1.54 bits per heavy atom. The van der Waals surface area contributed by atoms with Crippen LogP contribution in [0.2, 0.25) is 0 Å². The van der Waals surface area contributed by atoms with Gasteiger partial charge in [-0.2, -0.15) is 11.8 Å². The van der Waals surface area contributed by atoms with Gasteiger partial charge in [0.25, 0.3) is 0 Å². The van der Waals surface area contributed by atoms with Crippen LogP contribution in [0.25, 0.3) is 0 Å². The molecule has 76 valence electrons. The van der Waals surface area contributed by atoms with Crippen molar-refractivity contribution in [3.8, 4) is 0 Å². The standard InChI is InChI=1S/C9H16BrNOS/c10-5-4-9(12)11-7-8-3-1-2-6-13-8/h8H,1-7H2,(H,11,12). The molecule has 0 radical (unpaired) electrons. The summed E-state index contributed by atoms with van der Waals surface area (Å²) in [5.74, 6) is 1.43. The van der Waals surface area contributed by atoms with E-state index < -0.39 is 0 Å². The van der Waals surface area contributed by atoms with Gasteiger partial charge < -0.3 is 5.32 Å². The Hall–Kier alpha value is 0.300. The van der Waals surface area contributed by atoms with Gasteiger partial charge in [-0.15, -0.1) is 0 Å². The number of amides is 1. The van der Waals surface area contributed by atoms with Crippen LogP contribution in [0.4, 0.5) is 0 Å². The third-order valence-corrected chi connectivity index (χ3v) is 3.92. The largest absolute Gasteiger partial charge is 0.355 e. The van der Waals surface area contributed by atoms with Gasteiger partial charge in [0.2, 0.25) is 5.91 Å². The van der Waals surface area contributed by atoms with E-state index in [1.54, 1.807) is 0 Å². The molecule has 1 unspecified atom stereocenters. The van der Waals surface area contributed by atoms with Crippen molar-refractivity contribution in [3.63, 3.8) is 0 Å². The average Bonchev–Trinajstić information content (AvgIpc) is 2.17. The summed E-state index contributed by atoms with van der Waals surface area (Å²) in [6.45, 7) is 0.858. The summed E-state index contributed by atoms with van der Waals surface area (Å²) in [5.41, 5.74) is 0. The van der Waals surface area contributed by atoms with Crippen LogP contribution in [0.15, 0.2) is 0 Å². The average molecular weight is 266 g/mol. The van der Waals surface area contributed by atoms with Crippen molar-refractivity contribution >= 4 is 33.6 Å². The molecule has 0 aliphatic carbocycles. The summed E-state index contributed by atoms with van der Waals surface area (Å²) in [5, 5.41) is 4.38. The maximum atomic E-state index is 11.1. The molecule has 1 rings (SSSR count). The van der Waals surface area contributed by atoms with Gasteiger partial charge in [-0.05, 0) is 18.6 Å². The summed E-state index contributed by atoms with van der Waals surface area (Å²) in [6.07, 6.45) is 4.53. The molecular formula is C9H16BrNOS. The Kier molecular flexibility index (Phi) is 5.87. The number of thioether (sulfide) groups is 1. The molecule has 0 aromatic rings. The summed E-state index contributed by atoms with van der Waals surface area (Å²) in [7, 11) is 0. The molecular weight excluding hydrogens is 250 g/mol. The lowest BCUT2D eigenvalue weighted by Crippen LogP contribution is -2.31. The quantitative estimate of drug-likeness (QED) is 0.790. The summed E-state index contributed by atoms with van der Waals surface area (Å²) >= 11 is 5.25. The van der Waals surface area contributed by atoms with Crippen molar-refractivity contribution < 1.29 is 4.79 Å². The van der Waals surface area contributed by atoms with Crippen molar-refractivity contribution in [2.45, 2.75) is 30.9 Å². The zero-order chi connectivity index (χ0) is 9.52. The third kappa shape index (κ3) is 4.91. The molecule has 0 bridgehead atoms.